The maximum Gasteiger partial charge on any atom is 0.290 e. The van der Waals surface area contributed by atoms with Gasteiger partial charge in [-0.3, -0.25) is 20.2 Å². The zero-order valence-corrected chi connectivity index (χ0v) is 14.9. The lowest BCUT2D eigenvalue weighted by Crippen LogP contribution is -2.03. The molecule has 3 aromatic rings. The van der Waals surface area contributed by atoms with Gasteiger partial charge in [0.05, 0.1) is 32.8 Å². The van der Waals surface area contributed by atoms with E-state index in [9.17, 15) is 20.2 Å². The minimum absolute atomic E-state index is 0.246. The van der Waals surface area contributed by atoms with E-state index in [1.54, 1.807) is 0 Å². The number of aryl methyl sites for hydroxylation is 1. The minimum atomic E-state index is -0.674. The number of non-ortho nitro benzene ring substituents is 1. The van der Waals surface area contributed by atoms with Crippen molar-refractivity contribution < 1.29 is 14.7 Å². The lowest BCUT2D eigenvalue weighted by Gasteiger charge is -2.06. The molecular weight excluding hydrogens is 376 g/mol. The Hall–Kier alpha value is -3.09. The molecule has 0 unspecified atom stereocenters. The second-order valence-corrected chi connectivity index (χ2v) is 6.56. The Labute approximate surface area is 156 Å². The number of aromatic nitrogens is 3. The Morgan fingerprint density at radius 3 is 2.70 bits per heavy atom. The van der Waals surface area contributed by atoms with Crippen LogP contribution in [0.3, 0.4) is 0 Å². The number of nitrogens with two attached hydrogens (primary N) is 1. The van der Waals surface area contributed by atoms with Crippen LogP contribution in [0.2, 0.25) is 0 Å². The zero-order valence-electron chi connectivity index (χ0n) is 14.1. The third kappa shape index (κ3) is 3.72. The molecule has 140 valence electrons. The lowest BCUT2D eigenvalue weighted by molar-refractivity contribution is -0.396. The highest BCUT2D eigenvalue weighted by Crippen LogP contribution is 2.39. The van der Waals surface area contributed by atoms with E-state index >= 15 is 0 Å². The number of hydrogen-bond donors (Lipinski definition) is 1. The van der Waals surface area contributed by atoms with Crippen molar-refractivity contribution in [2.45, 2.75) is 16.3 Å². The molecular formula is C15H14N6O5S. The molecule has 12 heteroatoms. The molecule has 2 aromatic heterocycles. The fourth-order valence-electron chi connectivity index (χ4n) is 2.66. The summed E-state index contributed by atoms with van der Waals surface area (Å²) in [6.45, 7) is 0.287. The highest BCUT2D eigenvalue weighted by molar-refractivity contribution is 7.99. The van der Waals surface area contributed by atoms with Crippen LogP contribution >= 0.6 is 11.8 Å². The minimum Gasteiger partial charge on any atom is -0.335 e. The summed E-state index contributed by atoms with van der Waals surface area (Å²) in [5, 5.41) is 23.5. The summed E-state index contributed by atoms with van der Waals surface area (Å²) >= 11 is 1.05. The summed E-state index contributed by atoms with van der Waals surface area (Å²) in [6.07, 6.45) is 3.74. The Balaban J connectivity index is 2.09. The van der Waals surface area contributed by atoms with Crippen molar-refractivity contribution in [1.82, 2.24) is 14.5 Å². The van der Waals surface area contributed by atoms with Gasteiger partial charge in [0, 0.05) is 25.7 Å². The third-order valence-corrected chi connectivity index (χ3v) is 4.91. The van der Waals surface area contributed by atoms with Gasteiger partial charge < -0.3 is 9.40 Å². The normalized spacial score (nSPS) is 11.0. The second-order valence-electron chi connectivity index (χ2n) is 5.53. The Bertz CT molecular complexity index is 1040. The third-order valence-electron chi connectivity index (χ3n) is 3.84. The summed E-state index contributed by atoms with van der Waals surface area (Å²) in [6, 6.07) is 3.51. The quantitative estimate of drug-likeness (QED) is 0.364. The van der Waals surface area contributed by atoms with Crippen LogP contribution < -0.4 is 5.90 Å². The molecule has 0 bridgehead atoms. The molecule has 11 nitrogen and oxygen atoms in total. The molecule has 2 heterocycles. The summed E-state index contributed by atoms with van der Waals surface area (Å²) in [7, 11) is 1.82. The topological polar surface area (TPSA) is 152 Å². The van der Waals surface area contributed by atoms with Gasteiger partial charge >= 0.3 is 0 Å². The van der Waals surface area contributed by atoms with E-state index in [1.165, 1.54) is 18.5 Å². The fraction of sp³-hybridized carbons (Fsp3) is 0.200. The molecule has 0 saturated heterocycles. The molecule has 0 aliphatic rings. The first-order valence-corrected chi connectivity index (χ1v) is 8.45. The summed E-state index contributed by atoms with van der Waals surface area (Å²) in [5.74, 6) is 5.11. The van der Waals surface area contributed by atoms with Gasteiger partial charge in [-0.2, -0.15) is 0 Å². The number of fused-ring (bicyclic) bond motifs is 1. The van der Waals surface area contributed by atoms with Crippen LogP contribution in [0.25, 0.3) is 11.0 Å². The van der Waals surface area contributed by atoms with E-state index in [1.807, 2.05) is 17.8 Å². The van der Waals surface area contributed by atoms with E-state index in [-0.39, 0.29) is 22.9 Å². The predicted molar refractivity (Wildman–Crippen MR) is 96.2 cm³/mol. The molecule has 2 N–H and O–H groups in total. The first kappa shape index (κ1) is 18.7. The van der Waals surface area contributed by atoms with Crippen LogP contribution in [0, 0.1) is 20.2 Å². The lowest BCUT2D eigenvalue weighted by atomic mass is 10.2. The largest absolute Gasteiger partial charge is 0.335 e. The monoisotopic (exact) mass is 390 g/mol. The van der Waals surface area contributed by atoms with Crippen molar-refractivity contribution in [3.63, 3.8) is 0 Å². The molecule has 27 heavy (non-hydrogen) atoms. The molecule has 3 rings (SSSR count). The van der Waals surface area contributed by atoms with Crippen LogP contribution in [0.15, 0.2) is 40.6 Å². The summed E-state index contributed by atoms with van der Waals surface area (Å²) < 4.78 is 1.82. The summed E-state index contributed by atoms with van der Waals surface area (Å²) in [5.41, 5.74) is 0.831. The molecule has 0 spiro atoms. The first-order valence-electron chi connectivity index (χ1n) is 7.63. The molecule has 1 aromatic carbocycles. The number of nitro benzene ring substituents is 2. The Kier molecular flexibility index (Phi) is 5.30. The van der Waals surface area contributed by atoms with Gasteiger partial charge in [0.25, 0.3) is 11.4 Å². The smallest absolute Gasteiger partial charge is 0.290 e. The van der Waals surface area contributed by atoms with Crippen molar-refractivity contribution in [2.24, 2.45) is 12.9 Å². The average molecular weight is 390 g/mol. The number of nitrogens with zero attached hydrogens (tertiary/aromatic N) is 5. The van der Waals surface area contributed by atoms with Gasteiger partial charge in [-0.1, -0.05) is 11.8 Å². The van der Waals surface area contributed by atoms with E-state index in [0.717, 1.165) is 28.8 Å². The number of nitro groups is 2. The van der Waals surface area contributed by atoms with Gasteiger partial charge in [-0.15, -0.1) is 0 Å². The van der Waals surface area contributed by atoms with Crippen LogP contribution in [-0.4, -0.2) is 31.0 Å². The van der Waals surface area contributed by atoms with Gasteiger partial charge in [-0.05, 0) is 11.6 Å². The number of hydrogen-bond acceptors (Lipinski definition) is 9. The SMILES string of the molecule is Cn1cc(CCON)c2c(Sc3ccc([N+](=O)[O-])cc3[N+](=O)[O-])ncnc21. The maximum atomic E-state index is 11.4. The van der Waals surface area contributed by atoms with Gasteiger partial charge in [-0.25, -0.2) is 15.9 Å². The average Bonchev–Trinajstić information content (AvgIpc) is 2.97. The van der Waals surface area contributed by atoms with E-state index in [2.05, 4.69) is 14.8 Å². The molecule has 0 amide bonds. The van der Waals surface area contributed by atoms with Crippen molar-refractivity contribution >= 4 is 34.2 Å². The Morgan fingerprint density at radius 1 is 1.26 bits per heavy atom. The highest BCUT2D eigenvalue weighted by Gasteiger charge is 2.22. The highest BCUT2D eigenvalue weighted by atomic mass is 32.2. The standard InChI is InChI=1S/C15H14N6O5S/c1-19-7-9(4-5-26-16)13-14(19)17-8-18-15(13)27-12-3-2-10(20(22)23)6-11(12)21(24)25/h2-3,6-8H,4-5,16H2,1H3. The second kappa shape index (κ2) is 7.65. The summed E-state index contributed by atoms with van der Waals surface area (Å²) in [4.78, 5) is 34.3. The molecule has 0 fully saturated rings. The van der Waals surface area contributed by atoms with Crippen molar-refractivity contribution in [2.75, 3.05) is 6.61 Å². The number of benzene rings is 1. The first-order chi connectivity index (χ1) is 12.9. The van der Waals surface area contributed by atoms with Crippen LogP contribution in [0.4, 0.5) is 11.4 Å². The van der Waals surface area contributed by atoms with Crippen molar-refractivity contribution in [3.05, 3.63) is 56.5 Å². The predicted octanol–water partition coefficient (Wildman–Crippen LogP) is 2.37. The van der Waals surface area contributed by atoms with Gasteiger partial charge in [0.2, 0.25) is 0 Å². The maximum absolute atomic E-state index is 11.4. The zero-order chi connectivity index (χ0) is 19.6. The number of rotatable bonds is 7. The molecule has 0 saturated carbocycles. The van der Waals surface area contributed by atoms with Gasteiger partial charge in [0.1, 0.15) is 17.0 Å². The van der Waals surface area contributed by atoms with Crippen molar-refractivity contribution in [1.29, 1.82) is 0 Å². The molecule has 0 aliphatic heterocycles. The molecule has 0 atom stereocenters. The van der Waals surface area contributed by atoms with E-state index in [4.69, 9.17) is 5.90 Å². The van der Waals surface area contributed by atoms with Crippen LogP contribution in [-0.2, 0) is 18.3 Å². The fourth-order valence-corrected chi connectivity index (χ4v) is 3.66. The van der Waals surface area contributed by atoms with Crippen molar-refractivity contribution in [3.8, 4) is 0 Å². The van der Waals surface area contributed by atoms with Crippen LogP contribution in [0.5, 0.6) is 0 Å². The van der Waals surface area contributed by atoms with E-state index < -0.39 is 9.85 Å². The Morgan fingerprint density at radius 2 is 2.04 bits per heavy atom. The van der Waals surface area contributed by atoms with Gasteiger partial charge in [0.15, 0.2) is 0 Å². The molecule has 0 aliphatic carbocycles. The van der Waals surface area contributed by atoms with E-state index in [0.29, 0.717) is 17.1 Å². The molecule has 0 radical (unpaired) electrons. The van der Waals surface area contributed by atoms with Crippen LogP contribution in [0.1, 0.15) is 5.56 Å².